The van der Waals surface area contributed by atoms with E-state index in [4.69, 9.17) is 10.6 Å². The number of nitro benzene ring substituents is 1. The lowest BCUT2D eigenvalue weighted by atomic mass is 10.2. The van der Waals surface area contributed by atoms with Crippen LogP contribution in [0.25, 0.3) is 0 Å². The topological polar surface area (TPSA) is 103 Å². The molecule has 1 aromatic carbocycles. The Kier molecular flexibility index (Phi) is 3.58. The van der Waals surface area contributed by atoms with Gasteiger partial charge in [-0.05, 0) is 24.6 Å². The van der Waals surface area contributed by atoms with Crippen molar-refractivity contribution in [3.8, 4) is 11.5 Å². The van der Waals surface area contributed by atoms with Gasteiger partial charge in [-0.2, -0.15) is 0 Å². The quantitative estimate of drug-likeness (QED) is 0.497. The van der Waals surface area contributed by atoms with Crippen LogP contribution < -0.4 is 16.0 Å². The minimum absolute atomic E-state index is 0.0842. The van der Waals surface area contributed by atoms with Crippen molar-refractivity contribution < 1.29 is 9.66 Å². The van der Waals surface area contributed by atoms with Gasteiger partial charge >= 0.3 is 5.69 Å². The number of hydrogen-bond acceptors (Lipinski definition) is 6. The summed E-state index contributed by atoms with van der Waals surface area (Å²) in [5.41, 5.74) is 3.08. The number of ether oxygens (including phenoxy) is 1. The highest BCUT2D eigenvalue weighted by molar-refractivity contribution is 5.51. The van der Waals surface area contributed by atoms with Gasteiger partial charge in [-0.25, -0.2) is 10.8 Å². The van der Waals surface area contributed by atoms with E-state index in [1.54, 1.807) is 31.2 Å². The second kappa shape index (κ2) is 5.32. The summed E-state index contributed by atoms with van der Waals surface area (Å²) in [5.74, 6) is 6.23. The van der Waals surface area contributed by atoms with E-state index in [1.807, 2.05) is 0 Å². The zero-order chi connectivity index (χ0) is 13.8. The van der Waals surface area contributed by atoms with Gasteiger partial charge in [-0.3, -0.25) is 10.1 Å². The molecule has 7 nitrogen and oxygen atoms in total. The molecule has 0 saturated carbocycles. The van der Waals surface area contributed by atoms with Gasteiger partial charge < -0.3 is 10.2 Å². The van der Waals surface area contributed by atoms with Crippen molar-refractivity contribution in [2.75, 3.05) is 5.43 Å². The summed E-state index contributed by atoms with van der Waals surface area (Å²) < 4.78 is 5.49. The molecule has 2 rings (SSSR count). The summed E-state index contributed by atoms with van der Waals surface area (Å²) in [6.07, 6.45) is 1.49. The fraction of sp³-hybridized carbons (Fsp3) is 0.0833. The number of benzene rings is 1. The summed E-state index contributed by atoms with van der Waals surface area (Å²) in [6, 6.07) is 7.89. The molecule has 0 aliphatic carbocycles. The predicted molar refractivity (Wildman–Crippen MR) is 70.0 cm³/mol. The number of nitrogens with one attached hydrogen (secondary N) is 1. The molecule has 98 valence electrons. The van der Waals surface area contributed by atoms with E-state index in [0.29, 0.717) is 11.6 Å². The first-order valence-electron chi connectivity index (χ1n) is 5.45. The molecule has 0 amide bonds. The molecule has 2 aromatic rings. The first kappa shape index (κ1) is 12.8. The zero-order valence-electron chi connectivity index (χ0n) is 10.2. The van der Waals surface area contributed by atoms with Gasteiger partial charge in [0.15, 0.2) is 0 Å². The van der Waals surface area contributed by atoms with Crippen molar-refractivity contribution in [3.05, 3.63) is 52.2 Å². The number of rotatable bonds is 4. The predicted octanol–water partition coefficient (Wildman–Crippen LogP) is 2.38. The Hall–Kier alpha value is -2.67. The van der Waals surface area contributed by atoms with Gasteiger partial charge in [-0.15, -0.1) is 0 Å². The van der Waals surface area contributed by atoms with Crippen LogP contribution >= 0.6 is 0 Å². The van der Waals surface area contributed by atoms with Crippen molar-refractivity contribution in [2.24, 2.45) is 5.84 Å². The molecule has 19 heavy (non-hydrogen) atoms. The minimum Gasteiger partial charge on any atom is -0.450 e. The standard InChI is InChI=1S/C12H12N4O3/c1-8-2-3-11(10(6-8)16(17)18)19-9-4-5-14-12(7-9)15-13/h2-7H,13H2,1H3,(H,14,15). The van der Waals surface area contributed by atoms with Gasteiger partial charge in [0.05, 0.1) is 4.92 Å². The van der Waals surface area contributed by atoms with E-state index >= 15 is 0 Å². The molecule has 0 spiro atoms. The molecule has 3 N–H and O–H groups in total. The second-order valence-electron chi connectivity index (χ2n) is 3.85. The fourth-order valence-corrected chi connectivity index (χ4v) is 1.54. The third-order valence-corrected chi connectivity index (χ3v) is 2.42. The third-order valence-electron chi connectivity index (χ3n) is 2.42. The number of nitrogens with zero attached hydrogens (tertiary/aromatic N) is 2. The highest BCUT2D eigenvalue weighted by Gasteiger charge is 2.15. The number of nitrogens with two attached hydrogens (primary N) is 1. The van der Waals surface area contributed by atoms with Crippen LogP contribution in [0.4, 0.5) is 11.5 Å². The van der Waals surface area contributed by atoms with Crippen molar-refractivity contribution in [3.63, 3.8) is 0 Å². The lowest BCUT2D eigenvalue weighted by Crippen LogP contribution is -2.08. The van der Waals surface area contributed by atoms with Gasteiger partial charge in [0, 0.05) is 18.3 Å². The van der Waals surface area contributed by atoms with Crippen molar-refractivity contribution in [1.82, 2.24) is 4.98 Å². The number of anilines is 1. The van der Waals surface area contributed by atoms with Crippen LogP contribution in [-0.2, 0) is 0 Å². The maximum absolute atomic E-state index is 11.0. The summed E-state index contributed by atoms with van der Waals surface area (Å²) in [6.45, 7) is 1.78. The van der Waals surface area contributed by atoms with Crippen LogP contribution in [0.3, 0.4) is 0 Å². The van der Waals surface area contributed by atoms with Crippen LogP contribution in [0.15, 0.2) is 36.5 Å². The normalized spacial score (nSPS) is 10.0. The Morgan fingerprint density at radius 1 is 1.37 bits per heavy atom. The van der Waals surface area contributed by atoms with E-state index in [1.165, 1.54) is 12.3 Å². The number of pyridine rings is 1. The summed E-state index contributed by atoms with van der Waals surface area (Å²) >= 11 is 0. The molecular formula is C12H12N4O3. The lowest BCUT2D eigenvalue weighted by Gasteiger charge is -2.07. The Morgan fingerprint density at radius 2 is 2.16 bits per heavy atom. The zero-order valence-corrected chi connectivity index (χ0v) is 10.2. The number of hydrazine groups is 1. The fourth-order valence-electron chi connectivity index (χ4n) is 1.54. The first-order valence-corrected chi connectivity index (χ1v) is 5.45. The smallest absolute Gasteiger partial charge is 0.311 e. The summed E-state index contributed by atoms with van der Waals surface area (Å²) in [7, 11) is 0. The number of aryl methyl sites for hydroxylation is 1. The average molecular weight is 260 g/mol. The second-order valence-corrected chi connectivity index (χ2v) is 3.85. The van der Waals surface area contributed by atoms with Crippen LogP contribution in [0.2, 0.25) is 0 Å². The van der Waals surface area contributed by atoms with Gasteiger partial charge in [0.2, 0.25) is 5.75 Å². The number of nitrogen functional groups attached to an aromatic ring is 1. The Morgan fingerprint density at radius 3 is 2.84 bits per heavy atom. The Balaban J connectivity index is 2.34. The molecule has 1 aromatic heterocycles. The molecule has 0 atom stereocenters. The van der Waals surface area contributed by atoms with Crippen molar-refractivity contribution >= 4 is 11.5 Å². The van der Waals surface area contributed by atoms with Gasteiger partial charge in [0.25, 0.3) is 0 Å². The maximum Gasteiger partial charge on any atom is 0.311 e. The highest BCUT2D eigenvalue weighted by atomic mass is 16.6. The largest absolute Gasteiger partial charge is 0.450 e. The van der Waals surface area contributed by atoms with E-state index in [-0.39, 0.29) is 11.4 Å². The number of hydrogen-bond donors (Lipinski definition) is 2. The monoisotopic (exact) mass is 260 g/mol. The van der Waals surface area contributed by atoms with Crippen molar-refractivity contribution in [1.29, 1.82) is 0 Å². The third kappa shape index (κ3) is 2.96. The van der Waals surface area contributed by atoms with Crippen LogP contribution in [0.1, 0.15) is 5.56 Å². The lowest BCUT2D eigenvalue weighted by molar-refractivity contribution is -0.385. The molecule has 1 heterocycles. The van der Waals surface area contributed by atoms with Crippen LogP contribution in [0, 0.1) is 17.0 Å². The average Bonchev–Trinajstić information content (AvgIpc) is 2.41. The van der Waals surface area contributed by atoms with Crippen LogP contribution in [-0.4, -0.2) is 9.91 Å². The van der Waals surface area contributed by atoms with E-state index in [0.717, 1.165) is 5.56 Å². The number of aromatic nitrogens is 1. The molecule has 0 saturated heterocycles. The molecule has 0 aliphatic rings. The SMILES string of the molecule is Cc1ccc(Oc2ccnc(NN)c2)c([N+](=O)[O-])c1. The van der Waals surface area contributed by atoms with Crippen LogP contribution in [0.5, 0.6) is 11.5 Å². The molecule has 0 aliphatic heterocycles. The molecule has 7 heteroatoms. The van der Waals surface area contributed by atoms with E-state index in [2.05, 4.69) is 10.4 Å². The van der Waals surface area contributed by atoms with Gasteiger partial charge in [-0.1, -0.05) is 6.07 Å². The van der Waals surface area contributed by atoms with E-state index < -0.39 is 4.92 Å². The molecule has 0 fully saturated rings. The summed E-state index contributed by atoms with van der Waals surface area (Å²) in [4.78, 5) is 14.4. The first-order chi connectivity index (χ1) is 9.10. The molecule has 0 bridgehead atoms. The summed E-state index contributed by atoms with van der Waals surface area (Å²) in [5, 5.41) is 11.0. The molecule has 0 radical (unpaired) electrons. The van der Waals surface area contributed by atoms with Gasteiger partial charge in [0.1, 0.15) is 11.6 Å². The maximum atomic E-state index is 11.0. The number of nitro groups is 1. The Bertz CT molecular complexity index is 616. The molecular weight excluding hydrogens is 248 g/mol. The highest BCUT2D eigenvalue weighted by Crippen LogP contribution is 2.32. The molecule has 0 unspecified atom stereocenters. The van der Waals surface area contributed by atoms with E-state index in [9.17, 15) is 10.1 Å². The van der Waals surface area contributed by atoms with Crippen molar-refractivity contribution in [2.45, 2.75) is 6.92 Å². The minimum atomic E-state index is -0.481. The Labute approximate surface area is 109 Å².